The number of carbonyl (C=O) groups is 2. The Morgan fingerprint density at radius 3 is 2.33 bits per heavy atom. The molecule has 0 aromatic rings. The fourth-order valence-electron chi connectivity index (χ4n) is 1.73. The third kappa shape index (κ3) is 7.24. The molecule has 6 heteroatoms. The van der Waals surface area contributed by atoms with E-state index in [9.17, 15) is 9.59 Å². The molecule has 0 aromatic heterocycles. The second-order valence-corrected chi connectivity index (χ2v) is 4.78. The van der Waals surface area contributed by atoms with Crippen molar-refractivity contribution in [2.45, 2.75) is 39.2 Å². The Morgan fingerprint density at radius 2 is 1.89 bits per heavy atom. The molecule has 106 valence electrons. The van der Waals surface area contributed by atoms with Crippen LogP contribution >= 0.6 is 0 Å². The summed E-state index contributed by atoms with van der Waals surface area (Å²) in [5, 5.41) is 19.8. The summed E-state index contributed by atoms with van der Waals surface area (Å²) in [7, 11) is 0. The Balaban J connectivity index is 3.90. The van der Waals surface area contributed by atoms with Crippen LogP contribution in [0.3, 0.4) is 0 Å². The predicted molar refractivity (Wildman–Crippen MR) is 67.9 cm³/mol. The number of nitrogens with two attached hydrogens (primary N) is 1. The largest absolute Gasteiger partial charge is 0.479 e. The number of aliphatic carboxylic acids is 1. The summed E-state index contributed by atoms with van der Waals surface area (Å²) in [6.45, 7) is 4.53. The third-order valence-corrected chi connectivity index (χ3v) is 3.00. The Kier molecular flexibility index (Phi) is 8.32. The standard InChI is InChI=1S/C12H24N2O4/c1-8(2)9(5-6-13)3-4-11(16)14-7-10(15)12(17)18/h8-10,15H,3-7,13H2,1-2H3,(H,14,16)(H,17,18)/t9?,10-/m0/s1. The molecule has 1 unspecified atom stereocenters. The van der Waals surface area contributed by atoms with Gasteiger partial charge in [0.15, 0.2) is 6.10 Å². The van der Waals surface area contributed by atoms with Crippen molar-refractivity contribution in [1.29, 1.82) is 0 Å². The van der Waals surface area contributed by atoms with Crippen LogP contribution in [-0.4, -0.2) is 41.3 Å². The van der Waals surface area contributed by atoms with Crippen LogP contribution in [0, 0.1) is 11.8 Å². The van der Waals surface area contributed by atoms with E-state index >= 15 is 0 Å². The molecule has 0 aliphatic heterocycles. The van der Waals surface area contributed by atoms with E-state index in [0.717, 1.165) is 12.8 Å². The lowest BCUT2D eigenvalue weighted by atomic mass is 9.88. The van der Waals surface area contributed by atoms with Crippen molar-refractivity contribution in [3.8, 4) is 0 Å². The van der Waals surface area contributed by atoms with E-state index in [1.165, 1.54) is 0 Å². The number of hydrogen-bond donors (Lipinski definition) is 4. The van der Waals surface area contributed by atoms with Crippen LogP contribution in [0.2, 0.25) is 0 Å². The molecule has 5 N–H and O–H groups in total. The molecule has 0 spiro atoms. The molecule has 0 aliphatic carbocycles. The molecular weight excluding hydrogens is 236 g/mol. The van der Waals surface area contributed by atoms with Gasteiger partial charge in [0, 0.05) is 6.42 Å². The van der Waals surface area contributed by atoms with Crippen LogP contribution in [0.25, 0.3) is 0 Å². The maximum atomic E-state index is 11.5. The quantitative estimate of drug-likeness (QED) is 0.464. The number of nitrogens with one attached hydrogen (secondary N) is 1. The second-order valence-electron chi connectivity index (χ2n) is 4.78. The van der Waals surface area contributed by atoms with Gasteiger partial charge < -0.3 is 21.3 Å². The molecular formula is C12H24N2O4. The highest BCUT2D eigenvalue weighted by Crippen LogP contribution is 2.20. The smallest absolute Gasteiger partial charge is 0.334 e. The minimum Gasteiger partial charge on any atom is -0.479 e. The normalized spacial score (nSPS) is 14.3. The number of hydrogen-bond acceptors (Lipinski definition) is 4. The monoisotopic (exact) mass is 260 g/mol. The zero-order valence-electron chi connectivity index (χ0n) is 11.1. The van der Waals surface area contributed by atoms with Crippen molar-refractivity contribution in [3.63, 3.8) is 0 Å². The maximum absolute atomic E-state index is 11.5. The van der Waals surface area contributed by atoms with E-state index < -0.39 is 12.1 Å². The van der Waals surface area contributed by atoms with Gasteiger partial charge in [-0.05, 0) is 31.2 Å². The van der Waals surface area contributed by atoms with Crippen molar-refractivity contribution in [3.05, 3.63) is 0 Å². The Morgan fingerprint density at radius 1 is 1.28 bits per heavy atom. The van der Waals surface area contributed by atoms with E-state index in [4.69, 9.17) is 15.9 Å². The average Bonchev–Trinajstić information content (AvgIpc) is 2.30. The number of aliphatic hydroxyl groups excluding tert-OH is 1. The number of aliphatic hydroxyl groups is 1. The van der Waals surface area contributed by atoms with Gasteiger partial charge in [-0.1, -0.05) is 13.8 Å². The number of carboxylic acid groups (broad SMARTS) is 1. The van der Waals surface area contributed by atoms with Crippen LogP contribution in [-0.2, 0) is 9.59 Å². The molecule has 1 amide bonds. The van der Waals surface area contributed by atoms with Crippen LogP contribution in [0.5, 0.6) is 0 Å². The first kappa shape index (κ1) is 16.9. The average molecular weight is 260 g/mol. The second kappa shape index (κ2) is 8.88. The zero-order chi connectivity index (χ0) is 14.1. The van der Waals surface area contributed by atoms with Gasteiger partial charge in [-0.25, -0.2) is 4.79 Å². The van der Waals surface area contributed by atoms with Crippen molar-refractivity contribution in [2.75, 3.05) is 13.1 Å². The minimum atomic E-state index is -1.54. The molecule has 18 heavy (non-hydrogen) atoms. The van der Waals surface area contributed by atoms with Crippen molar-refractivity contribution in [1.82, 2.24) is 5.32 Å². The lowest BCUT2D eigenvalue weighted by Gasteiger charge is -2.19. The maximum Gasteiger partial charge on any atom is 0.334 e. The molecule has 0 aliphatic rings. The van der Waals surface area contributed by atoms with Gasteiger partial charge in [-0.2, -0.15) is 0 Å². The summed E-state index contributed by atoms with van der Waals surface area (Å²) in [6.07, 6.45) is 0.390. The highest BCUT2D eigenvalue weighted by atomic mass is 16.4. The van der Waals surface area contributed by atoms with Gasteiger partial charge in [0.2, 0.25) is 5.91 Å². The number of rotatable bonds is 9. The first-order chi connectivity index (χ1) is 8.38. The summed E-state index contributed by atoms with van der Waals surface area (Å²) >= 11 is 0. The van der Waals surface area contributed by atoms with Crippen LogP contribution in [0.1, 0.15) is 33.1 Å². The molecule has 0 radical (unpaired) electrons. The van der Waals surface area contributed by atoms with E-state index in [0.29, 0.717) is 24.8 Å². The fraction of sp³-hybridized carbons (Fsp3) is 0.833. The first-order valence-corrected chi connectivity index (χ1v) is 6.26. The SMILES string of the molecule is CC(C)C(CCN)CCC(=O)NC[C@H](O)C(=O)O. The third-order valence-electron chi connectivity index (χ3n) is 3.00. The Labute approximate surface area is 108 Å². The Hall–Kier alpha value is -1.14. The number of carboxylic acids is 1. The highest BCUT2D eigenvalue weighted by molar-refractivity contribution is 5.77. The number of carbonyl (C=O) groups excluding carboxylic acids is 1. The highest BCUT2D eigenvalue weighted by Gasteiger charge is 2.16. The molecule has 6 nitrogen and oxygen atoms in total. The van der Waals surface area contributed by atoms with Crippen LogP contribution in [0.4, 0.5) is 0 Å². The molecule has 0 fully saturated rings. The lowest BCUT2D eigenvalue weighted by molar-refractivity contribution is -0.146. The summed E-state index contributed by atoms with van der Waals surface area (Å²) in [5.41, 5.74) is 5.51. The fourth-order valence-corrected chi connectivity index (χ4v) is 1.73. The predicted octanol–water partition coefficient (Wildman–Crippen LogP) is -0.0507. The molecule has 0 bridgehead atoms. The molecule has 0 saturated heterocycles. The zero-order valence-corrected chi connectivity index (χ0v) is 11.1. The molecule has 2 atom stereocenters. The molecule has 0 saturated carbocycles. The minimum absolute atomic E-state index is 0.238. The van der Waals surface area contributed by atoms with Crippen molar-refractivity contribution < 1.29 is 19.8 Å². The lowest BCUT2D eigenvalue weighted by Crippen LogP contribution is -2.36. The van der Waals surface area contributed by atoms with Crippen LogP contribution in [0.15, 0.2) is 0 Å². The van der Waals surface area contributed by atoms with Crippen LogP contribution < -0.4 is 11.1 Å². The van der Waals surface area contributed by atoms with Gasteiger partial charge in [0.25, 0.3) is 0 Å². The van der Waals surface area contributed by atoms with Gasteiger partial charge in [0.1, 0.15) is 0 Å². The topological polar surface area (TPSA) is 113 Å². The van der Waals surface area contributed by atoms with Crippen molar-refractivity contribution in [2.24, 2.45) is 17.6 Å². The van der Waals surface area contributed by atoms with Crippen molar-refractivity contribution >= 4 is 11.9 Å². The van der Waals surface area contributed by atoms with E-state index in [1.54, 1.807) is 0 Å². The van der Waals surface area contributed by atoms with Gasteiger partial charge in [-0.15, -0.1) is 0 Å². The molecule has 0 rings (SSSR count). The van der Waals surface area contributed by atoms with E-state index in [-0.39, 0.29) is 12.5 Å². The van der Waals surface area contributed by atoms with Gasteiger partial charge in [-0.3, -0.25) is 4.79 Å². The summed E-state index contributed by atoms with van der Waals surface area (Å²) in [4.78, 5) is 21.8. The van der Waals surface area contributed by atoms with Gasteiger partial charge in [0.05, 0.1) is 6.54 Å². The summed E-state index contributed by atoms with van der Waals surface area (Å²) < 4.78 is 0. The summed E-state index contributed by atoms with van der Waals surface area (Å²) in [6, 6.07) is 0. The number of amides is 1. The first-order valence-electron chi connectivity index (χ1n) is 6.26. The summed E-state index contributed by atoms with van der Waals surface area (Å²) in [5.74, 6) is -0.715. The molecule has 0 heterocycles. The Bertz CT molecular complexity index is 269. The van der Waals surface area contributed by atoms with Gasteiger partial charge >= 0.3 is 5.97 Å². The van der Waals surface area contributed by atoms with E-state index in [2.05, 4.69) is 19.2 Å². The molecule has 0 aromatic carbocycles. The van der Waals surface area contributed by atoms with E-state index in [1.807, 2.05) is 0 Å².